The first-order chi connectivity index (χ1) is 18.2. The molecular weight excluding hydrogens is 476 g/mol. The van der Waals surface area contributed by atoms with Crippen LogP contribution in [0, 0.1) is 0 Å². The van der Waals surface area contributed by atoms with E-state index in [0.29, 0.717) is 0 Å². The van der Waals surface area contributed by atoms with Crippen LogP contribution in [0.4, 0.5) is 0 Å². The zero-order valence-corrected chi connectivity index (χ0v) is 21.2. The third-order valence-electron chi connectivity index (χ3n) is 7.08. The SMILES string of the molecule is COc1ccc(-c2cc3sc4cc(-c5ccc(OC)cc5)c5cnccc5c4c3c3ccncc23)cc1. The molecule has 0 aliphatic carbocycles. The van der Waals surface area contributed by atoms with E-state index in [-0.39, 0.29) is 0 Å². The van der Waals surface area contributed by atoms with Crippen LogP contribution in [0.3, 0.4) is 0 Å². The maximum atomic E-state index is 5.38. The lowest BCUT2D eigenvalue weighted by atomic mass is 9.93. The van der Waals surface area contributed by atoms with Crippen LogP contribution in [0.2, 0.25) is 0 Å². The van der Waals surface area contributed by atoms with Crippen LogP contribution in [0.5, 0.6) is 11.5 Å². The summed E-state index contributed by atoms with van der Waals surface area (Å²) in [5.41, 5.74) is 4.63. The van der Waals surface area contributed by atoms with Crippen LogP contribution in [0.1, 0.15) is 0 Å². The fraction of sp³-hybridized carbons (Fsp3) is 0.0625. The molecule has 0 atom stereocenters. The third-order valence-corrected chi connectivity index (χ3v) is 8.16. The summed E-state index contributed by atoms with van der Waals surface area (Å²) in [7, 11) is 3.38. The molecule has 37 heavy (non-hydrogen) atoms. The van der Waals surface area contributed by atoms with E-state index in [1.54, 1.807) is 14.2 Å². The van der Waals surface area contributed by atoms with E-state index in [1.165, 1.54) is 42.1 Å². The molecule has 7 aromatic rings. The minimum Gasteiger partial charge on any atom is -0.497 e. The molecule has 0 saturated heterocycles. The van der Waals surface area contributed by atoms with Gasteiger partial charge in [-0.2, -0.15) is 0 Å². The first-order valence-electron chi connectivity index (χ1n) is 12.0. The Balaban J connectivity index is 1.57. The van der Waals surface area contributed by atoms with Crippen molar-refractivity contribution >= 4 is 53.1 Å². The standard InChI is InChI=1S/C32H22N2O2S/c1-35-21-7-3-19(4-8-21)25-15-29-31(23-11-13-33-17-27(23)25)32-24-12-14-34-18-28(24)26(16-30(32)37-29)20-5-9-22(36-2)10-6-20/h3-18H,1-2H3. The van der Waals surface area contributed by atoms with E-state index < -0.39 is 0 Å². The van der Waals surface area contributed by atoms with Crippen molar-refractivity contribution < 1.29 is 9.47 Å². The van der Waals surface area contributed by atoms with Gasteiger partial charge in [-0.05, 0) is 81.6 Å². The van der Waals surface area contributed by atoms with Crippen molar-refractivity contribution in [1.29, 1.82) is 0 Å². The Morgan fingerprint density at radius 3 is 1.38 bits per heavy atom. The molecule has 0 aliphatic rings. The van der Waals surface area contributed by atoms with Gasteiger partial charge in [0, 0.05) is 55.7 Å². The largest absolute Gasteiger partial charge is 0.497 e. The highest BCUT2D eigenvalue weighted by molar-refractivity contribution is 7.26. The van der Waals surface area contributed by atoms with E-state index in [9.17, 15) is 0 Å². The van der Waals surface area contributed by atoms with Gasteiger partial charge in [0.05, 0.1) is 14.2 Å². The molecule has 7 rings (SSSR count). The Bertz CT molecular complexity index is 1800. The molecule has 0 N–H and O–H groups in total. The molecule has 0 amide bonds. The van der Waals surface area contributed by atoms with E-state index in [4.69, 9.17) is 9.47 Å². The Morgan fingerprint density at radius 2 is 0.973 bits per heavy atom. The van der Waals surface area contributed by atoms with Crippen molar-refractivity contribution in [2.75, 3.05) is 14.2 Å². The fourth-order valence-electron chi connectivity index (χ4n) is 5.30. The van der Waals surface area contributed by atoms with Crippen LogP contribution in [0.25, 0.3) is 64.0 Å². The quantitative estimate of drug-likeness (QED) is 0.244. The van der Waals surface area contributed by atoms with Gasteiger partial charge in [0.15, 0.2) is 0 Å². The number of methoxy groups -OCH3 is 2. The van der Waals surface area contributed by atoms with E-state index in [0.717, 1.165) is 33.4 Å². The molecule has 4 nitrogen and oxygen atoms in total. The first-order valence-corrected chi connectivity index (χ1v) is 12.9. The van der Waals surface area contributed by atoms with Gasteiger partial charge in [-0.25, -0.2) is 0 Å². The Labute approximate surface area is 217 Å². The molecule has 178 valence electrons. The zero-order valence-electron chi connectivity index (χ0n) is 20.4. The minimum atomic E-state index is 0.847. The van der Waals surface area contributed by atoms with E-state index in [2.05, 4.69) is 58.5 Å². The number of fused-ring (bicyclic) bond motifs is 7. The summed E-state index contributed by atoms with van der Waals surface area (Å²) in [6, 6.07) is 25.4. The monoisotopic (exact) mass is 498 g/mol. The highest BCUT2D eigenvalue weighted by atomic mass is 32.1. The topological polar surface area (TPSA) is 44.2 Å². The van der Waals surface area contributed by atoms with Crippen molar-refractivity contribution in [2.45, 2.75) is 0 Å². The van der Waals surface area contributed by atoms with Crippen molar-refractivity contribution in [3.05, 3.63) is 97.6 Å². The number of hydrogen-bond acceptors (Lipinski definition) is 5. The fourth-order valence-corrected chi connectivity index (χ4v) is 6.51. The lowest BCUT2D eigenvalue weighted by Gasteiger charge is -2.11. The summed E-state index contributed by atoms with van der Waals surface area (Å²) in [6.07, 6.45) is 7.73. The lowest BCUT2D eigenvalue weighted by Crippen LogP contribution is -1.87. The predicted octanol–water partition coefficient (Wildman–Crippen LogP) is 8.50. The Morgan fingerprint density at radius 1 is 0.541 bits per heavy atom. The number of aromatic nitrogens is 2. The van der Waals surface area contributed by atoms with E-state index in [1.807, 2.05) is 60.4 Å². The van der Waals surface area contributed by atoms with Crippen LogP contribution in [0.15, 0.2) is 97.6 Å². The number of hydrogen-bond donors (Lipinski definition) is 0. The van der Waals surface area contributed by atoms with Gasteiger partial charge in [0.25, 0.3) is 0 Å². The molecule has 3 heterocycles. The average molecular weight is 499 g/mol. The lowest BCUT2D eigenvalue weighted by molar-refractivity contribution is 0.415. The van der Waals surface area contributed by atoms with E-state index >= 15 is 0 Å². The van der Waals surface area contributed by atoms with Gasteiger partial charge in [-0.1, -0.05) is 24.3 Å². The molecule has 3 aromatic heterocycles. The van der Waals surface area contributed by atoms with Crippen LogP contribution >= 0.6 is 11.3 Å². The summed E-state index contributed by atoms with van der Waals surface area (Å²) in [5.74, 6) is 1.69. The molecule has 0 fully saturated rings. The maximum absolute atomic E-state index is 5.38. The van der Waals surface area contributed by atoms with Gasteiger partial charge < -0.3 is 9.47 Å². The summed E-state index contributed by atoms with van der Waals surface area (Å²) in [5, 5.41) is 7.24. The van der Waals surface area contributed by atoms with Crippen LogP contribution < -0.4 is 9.47 Å². The second kappa shape index (κ2) is 8.57. The molecular formula is C32H22N2O2S. The van der Waals surface area contributed by atoms with Crippen molar-refractivity contribution in [3.8, 4) is 33.8 Å². The van der Waals surface area contributed by atoms with Crippen molar-refractivity contribution in [3.63, 3.8) is 0 Å². The summed E-state index contributed by atoms with van der Waals surface area (Å²) < 4.78 is 13.3. The summed E-state index contributed by atoms with van der Waals surface area (Å²) >= 11 is 1.83. The van der Waals surface area contributed by atoms with Crippen molar-refractivity contribution in [2.24, 2.45) is 0 Å². The highest BCUT2D eigenvalue weighted by Gasteiger charge is 2.18. The van der Waals surface area contributed by atoms with Crippen LogP contribution in [-0.4, -0.2) is 24.2 Å². The van der Waals surface area contributed by atoms with Gasteiger partial charge in [-0.15, -0.1) is 11.3 Å². The number of benzene rings is 4. The smallest absolute Gasteiger partial charge is 0.118 e. The van der Waals surface area contributed by atoms with Crippen LogP contribution in [-0.2, 0) is 0 Å². The second-order valence-electron chi connectivity index (χ2n) is 9.00. The normalized spacial score (nSPS) is 11.5. The average Bonchev–Trinajstić information content (AvgIpc) is 3.35. The van der Waals surface area contributed by atoms with Gasteiger partial charge in [-0.3, -0.25) is 9.97 Å². The molecule has 0 saturated carbocycles. The molecule has 4 aromatic carbocycles. The van der Waals surface area contributed by atoms with Gasteiger partial charge in [0.2, 0.25) is 0 Å². The first kappa shape index (κ1) is 21.8. The molecule has 0 spiro atoms. The molecule has 5 heteroatoms. The Kier molecular flexibility index (Phi) is 5.05. The molecule has 0 aliphatic heterocycles. The number of nitrogens with zero attached hydrogens (tertiary/aromatic N) is 2. The molecule has 0 unspecified atom stereocenters. The number of rotatable bonds is 4. The Hall–Kier alpha value is -4.48. The zero-order chi connectivity index (χ0) is 24.9. The molecule has 0 bridgehead atoms. The van der Waals surface area contributed by atoms with Crippen molar-refractivity contribution in [1.82, 2.24) is 9.97 Å². The second-order valence-corrected chi connectivity index (χ2v) is 10.1. The number of pyridine rings is 2. The highest BCUT2D eigenvalue weighted by Crippen LogP contribution is 2.47. The van der Waals surface area contributed by atoms with Gasteiger partial charge >= 0.3 is 0 Å². The third kappa shape index (κ3) is 3.43. The maximum Gasteiger partial charge on any atom is 0.118 e. The summed E-state index contributed by atoms with van der Waals surface area (Å²) in [4.78, 5) is 8.99. The predicted molar refractivity (Wildman–Crippen MR) is 154 cm³/mol. The number of ether oxygens (including phenoxy) is 2. The molecule has 0 radical (unpaired) electrons. The number of thiophene rings is 1. The van der Waals surface area contributed by atoms with Gasteiger partial charge in [0.1, 0.15) is 11.5 Å². The summed E-state index contributed by atoms with van der Waals surface area (Å²) in [6.45, 7) is 0. The minimum absolute atomic E-state index is 0.847.